The summed E-state index contributed by atoms with van der Waals surface area (Å²) in [6.45, 7) is 0. The van der Waals surface area contributed by atoms with E-state index in [2.05, 4.69) is 9.97 Å². The molecule has 0 saturated heterocycles. The number of hydrogen-bond acceptors (Lipinski definition) is 2. The van der Waals surface area contributed by atoms with Crippen LogP contribution in [-0.4, -0.2) is 16.0 Å². The Morgan fingerprint density at radius 3 is 2.19 bits per heavy atom. The van der Waals surface area contributed by atoms with Gasteiger partial charge in [0.25, 0.3) is 0 Å². The molecule has 1 aromatic heterocycles. The molecule has 0 unspecified atom stereocenters. The molecule has 0 aliphatic rings. The molecule has 3 aromatic rings. The van der Waals surface area contributed by atoms with Crippen molar-refractivity contribution in [2.24, 2.45) is 5.73 Å². The molecule has 3 rings (SSSR count). The van der Waals surface area contributed by atoms with E-state index < -0.39 is 35.0 Å². The number of nitrogens with zero attached hydrogens (tertiary/aromatic N) is 1. The Bertz CT molecular complexity index is 928. The maximum atomic E-state index is 13.2. The maximum Gasteiger partial charge on any atom is 0.418 e. The van der Waals surface area contributed by atoms with Gasteiger partial charge in [-0.15, -0.1) is 0 Å². The first-order valence-corrected chi connectivity index (χ1v) is 8.00. The molecular formula is C18H15F6N3. The minimum Gasteiger partial charge on any atom is -0.342 e. The zero-order chi connectivity index (χ0) is 19.8. The van der Waals surface area contributed by atoms with E-state index in [0.29, 0.717) is 12.5 Å². The lowest BCUT2D eigenvalue weighted by atomic mass is 10.0. The van der Waals surface area contributed by atoms with Crippen LogP contribution in [0, 0.1) is 0 Å². The molecule has 0 fully saturated rings. The van der Waals surface area contributed by atoms with Gasteiger partial charge in [-0.25, -0.2) is 4.98 Å². The van der Waals surface area contributed by atoms with E-state index in [1.54, 1.807) is 0 Å². The van der Waals surface area contributed by atoms with Crippen molar-refractivity contribution in [2.75, 3.05) is 0 Å². The van der Waals surface area contributed by atoms with Crippen molar-refractivity contribution in [1.82, 2.24) is 9.97 Å². The van der Waals surface area contributed by atoms with E-state index in [1.807, 2.05) is 30.3 Å². The number of nitrogens with one attached hydrogen (secondary N) is 1. The van der Waals surface area contributed by atoms with Crippen molar-refractivity contribution in [2.45, 2.75) is 31.2 Å². The maximum absolute atomic E-state index is 13.2. The zero-order valence-corrected chi connectivity index (χ0v) is 13.8. The van der Waals surface area contributed by atoms with E-state index in [0.717, 1.165) is 5.56 Å². The molecule has 0 radical (unpaired) electrons. The highest BCUT2D eigenvalue weighted by molar-refractivity contribution is 5.80. The van der Waals surface area contributed by atoms with E-state index in [4.69, 9.17) is 5.73 Å². The normalized spacial score (nSPS) is 13.9. The molecular weight excluding hydrogens is 372 g/mol. The molecule has 2 aromatic carbocycles. The van der Waals surface area contributed by atoms with Crippen molar-refractivity contribution in [1.29, 1.82) is 0 Å². The predicted octanol–water partition coefficient (Wildman–Crippen LogP) is 4.71. The first-order chi connectivity index (χ1) is 12.5. The third kappa shape index (κ3) is 4.41. The van der Waals surface area contributed by atoms with Crippen molar-refractivity contribution >= 4 is 11.0 Å². The highest BCUT2D eigenvalue weighted by Gasteiger charge is 2.39. The summed E-state index contributed by atoms with van der Waals surface area (Å²) in [6.07, 6.45) is -9.30. The Kier molecular flexibility index (Phi) is 4.90. The number of aromatic amines is 1. The molecule has 1 heterocycles. The van der Waals surface area contributed by atoms with Crippen LogP contribution in [0.25, 0.3) is 11.0 Å². The summed E-state index contributed by atoms with van der Waals surface area (Å²) in [7, 11) is 0. The Balaban J connectivity index is 1.94. The predicted molar refractivity (Wildman–Crippen MR) is 87.9 cm³/mol. The van der Waals surface area contributed by atoms with Crippen LogP contribution in [0.4, 0.5) is 26.3 Å². The average molecular weight is 387 g/mol. The lowest BCUT2D eigenvalue weighted by molar-refractivity contribution is -0.142. The number of H-pyrrole nitrogens is 1. The fourth-order valence-electron chi connectivity index (χ4n) is 2.88. The number of alkyl halides is 6. The van der Waals surface area contributed by atoms with E-state index in [-0.39, 0.29) is 23.8 Å². The minimum absolute atomic E-state index is 0.0802. The van der Waals surface area contributed by atoms with E-state index in [1.165, 1.54) is 0 Å². The van der Waals surface area contributed by atoms with Gasteiger partial charge in [-0.05, 0) is 24.1 Å². The molecule has 0 bridgehead atoms. The zero-order valence-electron chi connectivity index (χ0n) is 13.8. The van der Waals surface area contributed by atoms with E-state index >= 15 is 0 Å². The fraction of sp³-hybridized carbons (Fsp3) is 0.278. The number of imidazole rings is 1. The summed E-state index contributed by atoms with van der Waals surface area (Å²) >= 11 is 0. The lowest BCUT2D eigenvalue weighted by Crippen LogP contribution is -2.26. The smallest absolute Gasteiger partial charge is 0.342 e. The second-order valence-electron chi connectivity index (χ2n) is 6.25. The molecule has 3 N–H and O–H groups in total. The Labute approximate surface area is 150 Å². The summed E-state index contributed by atoms with van der Waals surface area (Å²) in [6, 6.07) is 9.47. The van der Waals surface area contributed by atoms with Crippen molar-refractivity contribution in [3.05, 3.63) is 65.0 Å². The standard InChI is InChI=1S/C18H15F6N3/c19-17(20,21)11-7-13(18(22,23)24)16-14(8-11)26-15(27-16)9-12(25)6-10-4-2-1-3-5-10/h1-5,7-8,12H,6,9,25H2,(H,26,27)/t12-/m0/s1. The van der Waals surface area contributed by atoms with Gasteiger partial charge in [-0.1, -0.05) is 30.3 Å². The van der Waals surface area contributed by atoms with Crippen molar-refractivity contribution in [3.63, 3.8) is 0 Å². The highest BCUT2D eigenvalue weighted by atomic mass is 19.4. The van der Waals surface area contributed by atoms with Gasteiger partial charge in [-0.3, -0.25) is 0 Å². The van der Waals surface area contributed by atoms with Gasteiger partial charge in [0.15, 0.2) is 0 Å². The summed E-state index contributed by atoms with van der Waals surface area (Å²) in [5.41, 5.74) is 3.29. The number of nitrogens with two attached hydrogens (primary N) is 1. The largest absolute Gasteiger partial charge is 0.418 e. The van der Waals surface area contributed by atoms with Gasteiger partial charge in [0, 0.05) is 12.5 Å². The molecule has 0 aliphatic carbocycles. The molecule has 0 saturated carbocycles. The first kappa shape index (κ1) is 19.2. The molecule has 0 aliphatic heterocycles. The topological polar surface area (TPSA) is 54.7 Å². The number of hydrogen-bond donors (Lipinski definition) is 2. The Morgan fingerprint density at radius 1 is 0.926 bits per heavy atom. The molecule has 144 valence electrons. The summed E-state index contributed by atoms with van der Waals surface area (Å²) in [4.78, 5) is 6.41. The van der Waals surface area contributed by atoms with Crippen LogP contribution in [0.5, 0.6) is 0 Å². The minimum atomic E-state index is -4.96. The lowest BCUT2D eigenvalue weighted by Gasteiger charge is -2.11. The molecule has 0 amide bonds. The monoisotopic (exact) mass is 387 g/mol. The van der Waals surface area contributed by atoms with Crippen LogP contribution in [0.1, 0.15) is 22.5 Å². The molecule has 27 heavy (non-hydrogen) atoms. The molecule has 3 nitrogen and oxygen atoms in total. The van der Waals surface area contributed by atoms with E-state index in [9.17, 15) is 26.3 Å². The first-order valence-electron chi connectivity index (χ1n) is 8.00. The number of halogens is 6. The van der Waals surface area contributed by atoms with Gasteiger partial charge in [0.05, 0.1) is 16.6 Å². The SMILES string of the molecule is N[C@@H](Cc1ccccc1)Cc1nc2c(C(F)(F)F)cc(C(F)(F)F)cc2[nH]1. The number of rotatable bonds is 4. The van der Waals surface area contributed by atoms with Gasteiger partial charge in [0.2, 0.25) is 0 Å². The van der Waals surface area contributed by atoms with Crippen molar-refractivity contribution < 1.29 is 26.3 Å². The van der Waals surface area contributed by atoms with Gasteiger partial charge >= 0.3 is 12.4 Å². The number of aromatic nitrogens is 2. The quantitative estimate of drug-likeness (QED) is 0.637. The summed E-state index contributed by atoms with van der Waals surface area (Å²) in [5, 5.41) is 0. The highest BCUT2D eigenvalue weighted by Crippen LogP contribution is 2.39. The second kappa shape index (κ2) is 6.88. The number of fused-ring (bicyclic) bond motifs is 1. The second-order valence-corrected chi connectivity index (χ2v) is 6.25. The fourth-order valence-corrected chi connectivity index (χ4v) is 2.88. The van der Waals surface area contributed by atoms with Crippen molar-refractivity contribution in [3.8, 4) is 0 Å². The van der Waals surface area contributed by atoms with Gasteiger partial charge < -0.3 is 10.7 Å². The average Bonchev–Trinajstić information content (AvgIpc) is 2.94. The third-order valence-corrected chi connectivity index (χ3v) is 4.06. The summed E-state index contributed by atoms with van der Waals surface area (Å²) in [5.74, 6) is 0.109. The number of benzene rings is 2. The summed E-state index contributed by atoms with van der Waals surface area (Å²) < 4.78 is 78.4. The van der Waals surface area contributed by atoms with Crippen LogP contribution in [0.3, 0.4) is 0 Å². The van der Waals surface area contributed by atoms with Crippen LogP contribution in [0.2, 0.25) is 0 Å². The molecule has 1 atom stereocenters. The van der Waals surface area contributed by atoms with Crippen LogP contribution in [-0.2, 0) is 25.2 Å². The third-order valence-electron chi connectivity index (χ3n) is 4.06. The van der Waals surface area contributed by atoms with Crippen LogP contribution in [0.15, 0.2) is 42.5 Å². The van der Waals surface area contributed by atoms with Crippen LogP contribution >= 0.6 is 0 Å². The molecule has 0 spiro atoms. The Morgan fingerprint density at radius 2 is 1.59 bits per heavy atom. The Hall–Kier alpha value is -2.55. The molecule has 9 heteroatoms. The van der Waals surface area contributed by atoms with Gasteiger partial charge in [-0.2, -0.15) is 26.3 Å². The van der Waals surface area contributed by atoms with Gasteiger partial charge in [0.1, 0.15) is 11.3 Å². The van der Waals surface area contributed by atoms with Crippen LogP contribution < -0.4 is 5.73 Å².